The minimum atomic E-state index is -0.208. The molecule has 2 amide bonds. The third kappa shape index (κ3) is 5.05. The molecule has 0 aliphatic carbocycles. The fraction of sp³-hybridized carbons (Fsp3) is 0.273. The second kappa shape index (κ2) is 9.66. The van der Waals surface area contributed by atoms with Crippen molar-refractivity contribution < 1.29 is 19.2 Å². The SMILES string of the molecule is O=C1Nc2cc(C(=O)NCC[NH+]3CCOCC3)ccc2SC1=Cc1ccccc1Cl. The van der Waals surface area contributed by atoms with Crippen LogP contribution in [-0.4, -0.2) is 51.2 Å². The highest BCUT2D eigenvalue weighted by Gasteiger charge is 2.23. The molecule has 6 nitrogen and oxygen atoms in total. The van der Waals surface area contributed by atoms with Gasteiger partial charge in [-0.25, -0.2) is 0 Å². The first-order valence-electron chi connectivity index (χ1n) is 9.89. The Hall–Kier alpha value is -2.32. The van der Waals surface area contributed by atoms with Crippen LogP contribution in [0.2, 0.25) is 5.02 Å². The van der Waals surface area contributed by atoms with E-state index in [0.717, 1.165) is 43.3 Å². The molecule has 2 aromatic rings. The van der Waals surface area contributed by atoms with Gasteiger partial charge in [-0.2, -0.15) is 0 Å². The summed E-state index contributed by atoms with van der Waals surface area (Å²) in [5.41, 5.74) is 1.97. The number of hydrogen-bond donors (Lipinski definition) is 3. The van der Waals surface area contributed by atoms with E-state index in [1.54, 1.807) is 24.3 Å². The Labute approximate surface area is 184 Å². The molecule has 1 saturated heterocycles. The fourth-order valence-electron chi connectivity index (χ4n) is 3.40. The molecule has 156 valence electrons. The molecule has 2 heterocycles. The van der Waals surface area contributed by atoms with Crippen molar-refractivity contribution in [1.29, 1.82) is 0 Å². The largest absolute Gasteiger partial charge is 0.370 e. The predicted molar refractivity (Wildman–Crippen MR) is 119 cm³/mol. The summed E-state index contributed by atoms with van der Waals surface area (Å²) in [5, 5.41) is 6.44. The molecule has 0 atom stereocenters. The van der Waals surface area contributed by atoms with Crippen LogP contribution in [0.5, 0.6) is 0 Å². The Morgan fingerprint density at radius 1 is 1.23 bits per heavy atom. The van der Waals surface area contributed by atoms with Crippen LogP contribution < -0.4 is 15.5 Å². The summed E-state index contributed by atoms with van der Waals surface area (Å²) in [7, 11) is 0. The van der Waals surface area contributed by atoms with Gasteiger partial charge in [0, 0.05) is 15.5 Å². The van der Waals surface area contributed by atoms with E-state index in [2.05, 4.69) is 10.6 Å². The monoisotopic (exact) mass is 444 g/mol. The molecule has 0 unspecified atom stereocenters. The van der Waals surface area contributed by atoms with Crippen molar-refractivity contribution in [3.05, 3.63) is 63.5 Å². The Morgan fingerprint density at radius 3 is 2.83 bits per heavy atom. The van der Waals surface area contributed by atoms with E-state index < -0.39 is 0 Å². The number of benzene rings is 2. The van der Waals surface area contributed by atoms with Gasteiger partial charge in [0.2, 0.25) is 0 Å². The van der Waals surface area contributed by atoms with Crippen LogP contribution in [-0.2, 0) is 9.53 Å². The normalized spacial score (nSPS) is 18.0. The van der Waals surface area contributed by atoms with E-state index >= 15 is 0 Å². The van der Waals surface area contributed by atoms with E-state index in [4.69, 9.17) is 16.3 Å². The lowest BCUT2D eigenvalue weighted by Gasteiger charge is -2.23. The lowest BCUT2D eigenvalue weighted by molar-refractivity contribution is -0.906. The number of fused-ring (bicyclic) bond motifs is 1. The minimum Gasteiger partial charge on any atom is -0.370 e. The number of quaternary nitrogens is 1. The molecular formula is C22H23ClN3O3S+. The molecule has 8 heteroatoms. The van der Waals surface area contributed by atoms with Gasteiger partial charge in [-0.3, -0.25) is 9.59 Å². The van der Waals surface area contributed by atoms with Crippen LogP contribution in [0.15, 0.2) is 52.3 Å². The Balaban J connectivity index is 1.40. The molecule has 0 spiro atoms. The van der Waals surface area contributed by atoms with Gasteiger partial charge in [0.1, 0.15) is 13.1 Å². The van der Waals surface area contributed by atoms with Crippen LogP contribution in [0.25, 0.3) is 6.08 Å². The first-order chi connectivity index (χ1) is 14.6. The smallest absolute Gasteiger partial charge is 0.262 e. The van der Waals surface area contributed by atoms with Crippen LogP contribution >= 0.6 is 23.4 Å². The fourth-order valence-corrected chi connectivity index (χ4v) is 4.51. The summed E-state index contributed by atoms with van der Waals surface area (Å²) in [6, 6.07) is 12.8. The number of carbonyl (C=O) groups is 2. The minimum absolute atomic E-state index is 0.137. The highest BCUT2D eigenvalue weighted by atomic mass is 35.5. The maximum absolute atomic E-state index is 12.5. The maximum Gasteiger partial charge on any atom is 0.262 e. The number of hydrogen-bond acceptors (Lipinski definition) is 4. The van der Waals surface area contributed by atoms with E-state index in [9.17, 15) is 9.59 Å². The summed E-state index contributed by atoms with van der Waals surface area (Å²) in [6.07, 6.45) is 1.78. The van der Waals surface area contributed by atoms with Crippen molar-refractivity contribution in [2.75, 3.05) is 44.7 Å². The van der Waals surface area contributed by atoms with Crippen molar-refractivity contribution in [2.45, 2.75) is 4.90 Å². The number of nitrogens with one attached hydrogen (secondary N) is 3. The van der Waals surface area contributed by atoms with Gasteiger partial charge >= 0.3 is 0 Å². The first-order valence-corrected chi connectivity index (χ1v) is 11.1. The van der Waals surface area contributed by atoms with Crippen LogP contribution in [0.3, 0.4) is 0 Å². The van der Waals surface area contributed by atoms with Crippen molar-refractivity contribution in [3.8, 4) is 0 Å². The number of morpholine rings is 1. The molecule has 2 aromatic carbocycles. The number of thioether (sulfide) groups is 1. The lowest BCUT2D eigenvalue weighted by atomic mass is 10.1. The zero-order chi connectivity index (χ0) is 20.9. The van der Waals surface area contributed by atoms with Gasteiger partial charge in [-0.1, -0.05) is 41.6 Å². The third-order valence-corrected chi connectivity index (χ3v) is 6.53. The summed E-state index contributed by atoms with van der Waals surface area (Å²) in [5.74, 6) is -0.344. The molecule has 0 saturated carbocycles. The molecule has 30 heavy (non-hydrogen) atoms. The maximum atomic E-state index is 12.5. The number of halogens is 1. The summed E-state index contributed by atoms with van der Waals surface area (Å²) < 4.78 is 5.35. The molecule has 1 fully saturated rings. The highest BCUT2D eigenvalue weighted by Crippen LogP contribution is 2.39. The zero-order valence-electron chi connectivity index (χ0n) is 16.4. The number of rotatable bonds is 5. The Kier molecular flexibility index (Phi) is 6.74. The summed E-state index contributed by atoms with van der Waals surface area (Å²) in [6.45, 7) is 4.99. The van der Waals surface area contributed by atoms with Crippen LogP contribution in [0.1, 0.15) is 15.9 Å². The average Bonchev–Trinajstić information content (AvgIpc) is 2.76. The summed E-state index contributed by atoms with van der Waals surface area (Å²) >= 11 is 7.57. The molecule has 0 radical (unpaired) electrons. The second-order valence-corrected chi connectivity index (χ2v) is 8.66. The second-order valence-electron chi connectivity index (χ2n) is 7.17. The van der Waals surface area contributed by atoms with E-state index in [1.807, 2.05) is 24.3 Å². The average molecular weight is 445 g/mol. The van der Waals surface area contributed by atoms with Crippen LogP contribution in [0, 0.1) is 0 Å². The van der Waals surface area contributed by atoms with Crippen molar-refractivity contribution in [2.24, 2.45) is 0 Å². The molecular weight excluding hydrogens is 422 g/mol. The zero-order valence-corrected chi connectivity index (χ0v) is 17.9. The van der Waals surface area contributed by atoms with Crippen molar-refractivity contribution in [1.82, 2.24) is 5.32 Å². The molecule has 0 bridgehead atoms. The quantitative estimate of drug-likeness (QED) is 0.617. The topological polar surface area (TPSA) is 71.9 Å². The number of amides is 2. The molecule has 2 aliphatic rings. The van der Waals surface area contributed by atoms with Gasteiger partial charge in [-0.05, 0) is 35.9 Å². The van der Waals surface area contributed by atoms with E-state index in [-0.39, 0.29) is 11.8 Å². The third-order valence-electron chi connectivity index (χ3n) is 5.09. The Morgan fingerprint density at radius 2 is 2.03 bits per heavy atom. The molecule has 0 aromatic heterocycles. The number of anilines is 1. The molecule has 3 N–H and O–H groups in total. The molecule has 2 aliphatic heterocycles. The summed E-state index contributed by atoms with van der Waals surface area (Å²) in [4.78, 5) is 27.9. The standard InChI is InChI=1S/C22H22ClN3O3S/c23-17-4-2-1-3-15(17)14-20-22(28)25-18-13-16(5-6-19(18)30-20)21(27)24-7-8-26-9-11-29-12-10-26/h1-6,13-14H,7-12H2,(H,24,27)(H,25,28)/p+1. The molecule has 4 rings (SSSR count). The van der Waals surface area contributed by atoms with Crippen LogP contribution in [0.4, 0.5) is 5.69 Å². The van der Waals surface area contributed by atoms with Gasteiger partial charge in [-0.15, -0.1) is 0 Å². The van der Waals surface area contributed by atoms with E-state index in [1.165, 1.54) is 16.7 Å². The lowest BCUT2D eigenvalue weighted by Crippen LogP contribution is -3.14. The number of carbonyl (C=O) groups excluding carboxylic acids is 2. The number of ether oxygens (including phenoxy) is 1. The van der Waals surface area contributed by atoms with Crippen molar-refractivity contribution in [3.63, 3.8) is 0 Å². The van der Waals surface area contributed by atoms with Gasteiger partial charge < -0.3 is 20.3 Å². The van der Waals surface area contributed by atoms with E-state index in [0.29, 0.717) is 27.7 Å². The Bertz CT molecular complexity index is 989. The first kappa shape index (κ1) is 20.9. The van der Waals surface area contributed by atoms with Gasteiger partial charge in [0.05, 0.1) is 36.9 Å². The van der Waals surface area contributed by atoms with Gasteiger partial charge in [0.15, 0.2) is 0 Å². The van der Waals surface area contributed by atoms with Gasteiger partial charge in [0.25, 0.3) is 11.8 Å². The highest BCUT2D eigenvalue weighted by molar-refractivity contribution is 8.04. The predicted octanol–water partition coefficient (Wildman–Crippen LogP) is 2.07. The van der Waals surface area contributed by atoms with Crippen molar-refractivity contribution >= 4 is 46.9 Å².